The normalized spacial score (nSPS) is 44.2. The van der Waals surface area contributed by atoms with Crippen LogP contribution >= 0.6 is 0 Å². The van der Waals surface area contributed by atoms with E-state index in [1.165, 1.54) is 6.26 Å². The van der Waals surface area contributed by atoms with Crippen LogP contribution in [-0.4, -0.2) is 76.6 Å². The van der Waals surface area contributed by atoms with E-state index >= 15 is 0 Å². The van der Waals surface area contributed by atoms with Gasteiger partial charge < -0.3 is 39.4 Å². The monoisotopic (exact) mass is 358 g/mol. The van der Waals surface area contributed by atoms with E-state index in [0.717, 1.165) is 0 Å². The summed E-state index contributed by atoms with van der Waals surface area (Å²) in [6, 6.07) is 0. The van der Waals surface area contributed by atoms with Crippen LogP contribution in [0, 0.1) is 11.8 Å². The lowest BCUT2D eigenvalue weighted by atomic mass is 9.81. The molecule has 0 aromatic rings. The zero-order valence-electron chi connectivity index (χ0n) is 13.4. The van der Waals surface area contributed by atoms with Gasteiger partial charge in [-0.25, -0.2) is 4.79 Å². The minimum absolute atomic E-state index is 0.206. The molecule has 0 amide bonds. The van der Waals surface area contributed by atoms with Crippen molar-refractivity contribution in [1.82, 2.24) is 0 Å². The summed E-state index contributed by atoms with van der Waals surface area (Å²) in [5.41, 5.74) is 0.393. The average molecular weight is 358 g/mol. The van der Waals surface area contributed by atoms with E-state index < -0.39 is 55.5 Å². The Kier molecular flexibility index (Phi) is 5.42. The van der Waals surface area contributed by atoms with Gasteiger partial charge in [-0.1, -0.05) is 6.08 Å². The summed E-state index contributed by atoms with van der Waals surface area (Å²) in [6.07, 6.45) is -4.44. The highest BCUT2D eigenvalue weighted by Gasteiger charge is 2.48. The number of aliphatic hydroxyl groups is 4. The third-order valence-corrected chi connectivity index (χ3v) is 4.79. The number of carbonyl (C=O) groups is 1. The first-order chi connectivity index (χ1) is 12.0. The smallest absolute Gasteiger partial charge is 0.337 e. The summed E-state index contributed by atoms with van der Waals surface area (Å²) in [6.45, 7) is 3.47. The van der Waals surface area contributed by atoms with Crippen molar-refractivity contribution in [3.05, 3.63) is 24.5 Å². The molecule has 140 valence electrons. The van der Waals surface area contributed by atoms with Crippen LogP contribution < -0.4 is 0 Å². The minimum Gasteiger partial charge on any atom is -0.471 e. The predicted molar refractivity (Wildman–Crippen MR) is 80.6 cm³/mol. The zero-order chi connectivity index (χ0) is 18.1. The first-order valence-electron chi connectivity index (χ1n) is 8.09. The van der Waals surface area contributed by atoms with E-state index in [1.807, 2.05) is 0 Å². The van der Waals surface area contributed by atoms with Gasteiger partial charge in [0.15, 0.2) is 6.29 Å². The third kappa shape index (κ3) is 3.31. The van der Waals surface area contributed by atoms with Crippen molar-refractivity contribution < 1.29 is 44.2 Å². The van der Waals surface area contributed by atoms with Gasteiger partial charge in [0.05, 0.1) is 25.0 Å². The fraction of sp³-hybridized carbons (Fsp3) is 0.688. The maximum atomic E-state index is 11.8. The van der Waals surface area contributed by atoms with Crippen LogP contribution in [0.3, 0.4) is 0 Å². The molecule has 4 N–H and O–H groups in total. The third-order valence-electron chi connectivity index (χ3n) is 4.79. The van der Waals surface area contributed by atoms with Crippen molar-refractivity contribution >= 4 is 5.97 Å². The van der Waals surface area contributed by atoms with Gasteiger partial charge in [0.25, 0.3) is 0 Å². The first kappa shape index (κ1) is 18.3. The Balaban J connectivity index is 1.75. The molecule has 0 aromatic heterocycles. The Hall–Kier alpha value is -1.49. The molecule has 0 unspecified atom stereocenters. The first-order valence-corrected chi connectivity index (χ1v) is 8.09. The molecule has 0 aromatic carbocycles. The fourth-order valence-corrected chi connectivity index (χ4v) is 3.34. The lowest BCUT2D eigenvalue weighted by Gasteiger charge is -2.43. The number of rotatable bonds is 4. The van der Waals surface area contributed by atoms with Crippen LogP contribution in [0.4, 0.5) is 0 Å². The van der Waals surface area contributed by atoms with Crippen molar-refractivity contribution in [2.75, 3.05) is 13.2 Å². The summed E-state index contributed by atoms with van der Waals surface area (Å²) < 4.78 is 21.4. The molecule has 25 heavy (non-hydrogen) atoms. The second kappa shape index (κ2) is 7.40. The predicted octanol–water partition coefficient (Wildman–Crippen LogP) is -1.59. The molecule has 0 radical (unpaired) electrons. The van der Waals surface area contributed by atoms with Gasteiger partial charge in [0.2, 0.25) is 6.29 Å². The van der Waals surface area contributed by atoms with E-state index in [1.54, 1.807) is 6.08 Å². The summed E-state index contributed by atoms with van der Waals surface area (Å²) >= 11 is 0. The molecule has 3 aliphatic heterocycles. The molecule has 9 nitrogen and oxygen atoms in total. The summed E-state index contributed by atoms with van der Waals surface area (Å²) in [5.74, 6) is -1.06. The molecule has 2 saturated heterocycles. The Morgan fingerprint density at radius 2 is 2.00 bits per heavy atom. The van der Waals surface area contributed by atoms with Crippen LogP contribution in [0.1, 0.15) is 6.42 Å². The number of ether oxygens (including phenoxy) is 4. The van der Waals surface area contributed by atoms with Crippen LogP contribution in [0.25, 0.3) is 0 Å². The standard InChI is InChI=1S/C16H22O9/c1-2-7-8-3-4-22-14(21)9(8)6-23-15(7)25-16-13(20)12(19)11(18)10(5-17)24-16/h2,6-8,10-13,15-20H,1,3-5H2/t7-,8+,10+,11-,12-,13-,15-,16-/m1/s1. The summed E-state index contributed by atoms with van der Waals surface area (Å²) in [5, 5.41) is 38.9. The second-order valence-electron chi connectivity index (χ2n) is 6.26. The molecular formula is C16H22O9. The topological polar surface area (TPSA) is 135 Å². The van der Waals surface area contributed by atoms with Gasteiger partial charge in [-0.2, -0.15) is 0 Å². The largest absolute Gasteiger partial charge is 0.471 e. The zero-order valence-corrected chi connectivity index (χ0v) is 13.4. The van der Waals surface area contributed by atoms with Crippen molar-refractivity contribution in [3.63, 3.8) is 0 Å². The maximum absolute atomic E-state index is 11.8. The quantitative estimate of drug-likeness (QED) is 0.346. The second-order valence-corrected chi connectivity index (χ2v) is 6.26. The van der Waals surface area contributed by atoms with Gasteiger partial charge in [-0.15, -0.1) is 6.58 Å². The number of esters is 1. The van der Waals surface area contributed by atoms with Gasteiger partial charge >= 0.3 is 5.97 Å². The fourth-order valence-electron chi connectivity index (χ4n) is 3.34. The van der Waals surface area contributed by atoms with Gasteiger partial charge in [0.1, 0.15) is 24.4 Å². The Labute approximate surface area is 144 Å². The van der Waals surface area contributed by atoms with E-state index in [4.69, 9.17) is 18.9 Å². The number of carbonyl (C=O) groups excluding carboxylic acids is 1. The molecule has 3 heterocycles. The van der Waals surface area contributed by atoms with E-state index in [-0.39, 0.29) is 12.5 Å². The molecule has 0 aliphatic carbocycles. The van der Waals surface area contributed by atoms with Crippen molar-refractivity contribution in [2.24, 2.45) is 11.8 Å². The van der Waals surface area contributed by atoms with E-state index in [2.05, 4.69) is 6.58 Å². The van der Waals surface area contributed by atoms with Gasteiger partial charge in [-0.3, -0.25) is 0 Å². The number of hydrogen-bond donors (Lipinski definition) is 4. The van der Waals surface area contributed by atoms with Gasteiger partial charge in [-0.05, 0) is 6.42 Å². The lowest BCUT2D eigenvalue weighted by molar-refractivity contribution is -0.339. The number of hydrogen-bond acceptors (Lipinski definition) is 9. The molecule has 0 saturated carbocycles. The highest BCUT2D eigenvalue weighted by molar-refractivity contribution is 5.89. The van der Waals surface area contributed by atoms with E-state index in [9.17, 15) is 25.2 Å². The van der Waals surface area contributed by atoms with Gasteiger partial charge in [0, 0.05) is 11.8 Å². The van der Waals surface area contributed by atoms with Crippen LogP contribution in [0.15, 0.2) is 24.5 Å². The van der Waals surface area contributed by atoms with Crippen LogP contribution in [0.5, 0.6) is 0 Å². The van der Waals surface area contributed by atoms with Crippen molar-refractivity contribution in [1.29, 1.82) is 0 Å². The molecule has 0 spiro atoms. The number of aliphatic hydroxyl groups excluding tert-OH is 4. The average Bonchev–Trinajstić information content (AvgIpc) is 2.62. The molecule has 9 heteroatoms. The molecular weight excluding hydrogens is 336 g/mol. The summed E-state index contributed by atoms with van der Waals surface area (Å²) in [4.78, 5) is 11.8. The number of fused-ring (bicyclic) bond motifs is 1. The molecule has 3 rings (SSSR count). The van der Waals surface area contributed by atoms with Crippen molar-refractivity contribution in [2.45, 2.75) is 43.4 Å². The Morgan fingerprint density at radius 1 is 1.24 bits per heavy atom. The summed E-state index contributed by atoms with van der Waals surface area (Å²) in [7, 11) is 0. The van der Waals surface area contributed by atoms with Crippen LogP contribution in [-0.2, 0) is 23.7 Å². The maximum Gasteiger partial charge on any atom is 0.337 e. The molecule has 3 aliphatic rings. The number of cyclic esters (lactones) is 1. The van der Waals surface area contributed by atoms with Crippen LogP contribution in [0.2, 0.25) is 0 Å². The molecule has 8 atom stereocenters. The van der Waals surface area contributed by atoms with Crippen molar-refractivity contribution in [3.8, 4) is 0 Å². The molecule has 2 fully saturated rings. The highest BCUT2D eigenvalue weighted by Crippen LogP contribution is 2.38. The van der Waals surface area contributed by atoms with E-state index in [0.29, 0.717) is 12.0 Å². The minimum atomic E-state index is -1.54. The Bertz CT molecular complexity index is 546. The Morgan fingerprint density at radius 3 is 2.68 bits per heavy atom. The highest BCUT2D eigenvalue weighted by atomic mass is 16.8. The molecule has 0 bridgehead atoms. The SMILES string of the molecule is C=C[C@H]1[C@@H](O[C@H]2O[C@@H](CO)[C@@H](O)[C@@H](O)[C@H]2O)OC=C2C(=O)OCC[C@H]21. The lowest BCUT2D eigenvalue weighted by Crippen LogP contribution is -2.60.